The third-order valence-corrected chi connectivity index (χ3v) is 4.02. The number of nitrogens with zero attached hydrogens (tertiary/aromatic N) is 2. The van der Waals surface area contributed by atoms with Gasteiger partial charge in [0.25, 0.3) is 0 Å². The Morgan fingerprint density at radius 1 is 1.45 bits per heavy atom. The molecule has 0 aliphatic heterocycles. The van der Waals surface area contributed by atoms with Gasteiger partial charge < -0.3 is 10.4 Å². The molecule has 1 unspecified atom stereocenters. The topological polar surface area (TPSA) is 50.1 Å². The van der Waals surface area contributed by atoms with Crippen LogP contribution in [-0.4, -0.2) is 27.0 Å². The van der Waals surface area contributed by atoms with Gasteiger partial charge in [-0.2, -0.15) is 5.10 Å². The fraction of sp³-hybridized carbons (Fsp3) is 0.812. The van der Waals surface area contributed by atoms with E-state index in [-0.39, 0.29) is 0 Å². The van der Waals surface area contributed by atoms with Crippen LogP contribution in [0.2, 0.25) is 0 Å². The molecule has 0 saturated heterocycles. The van der Waals surface area contributed by atoms with E-state index in [9.17, 15) is 5.11 Å². The van der Waals surface area contributed by atoms with Gasteiger partial charge in [0.15, 0.2) is 0 Å². The van der Waals surface area contributed by atoms with Crippen LogP contribution in [0.25, 0.3) is 0 Å². The molecule has 114 valence electrons. The highest BCUT2D eigenvalue weighted by atomic mass is 16.3. The molecule has 1 aliphatic carbocycles. The van der Waals surface area contributed by atoms with Crippen molar-refractivity contribution in [1.82, 2.24) is 15.1 Å². The number of rotatable bonds is 7. The molecule has 1 aromatic heterocycles. The minimum Gasteiger partial charge on any atom is -0.389 e. The van der Waals surface area contributed by atoms with Crippen LogP contribution in [0.4, 0.5) is 0 Å². The molecule has 0 amide bonds. The molecule has 0 bridgehead atoms. The van der Waals surface area contributed by atoms with Gasteiger partial charge in [0.05, 0.1) is 17.3 Å². The van der Waals surface area contributed by atoms with Crippen molar-refractivity contribution in [3.05, 3.63) is 18.0 Å². The van der Waals surface area contributed by atoms with Gasteiger partial charge in [0, 0.05) is 19.3 Å². The quantitative estimate of drug-likeness (QED) is 0.807. The molecule has 1 fully saturated rings. The predicted molar refractivity (Wildman–Crippen MR) is 81.5 cm³/mol. The SMILES string of the molecule is CC(C)CC(C)(O)CNCc1ccn(C2CCCC2)n1. The van der Waals surface area contributed by atoms with E-state index in [1.807, 2.05) is 6.92 Å². The lowest BCUT2D eigenvalue weighted by Crippen LogP contribution is -2.38. The van der Waals surface area contributed by atoms with Crippen LogP contribution < -0.4 is 5.32 Å². The molecule has 2 N–H and O–H groups in total. The van der Waals surface area contributed by atoms with Crippen molar-refractivity contribution in [2.24, 2.45) is 5.92 Å². The second-order valence-corrected chi connectivity index (χ2v) is 6.92. The van der Waals surface area contributed by atoms with Crippen molar-refractivity contribution in [1.29, 1.82) is 0 Å². The highest BCUT2D eigenvalue weighted by Gasteiger charge is 2.21. The summed E-state index contributed by atoms with van der Waals surface area (Å²) >= 11 is 0. The summed E-state index contributed by atoms with van der Waals surface area (Å²) in [5.41, 5.74) is 0.430. The number of hydrogen-bond donors (Lipinski definition) is 2. The molecule has 0 radical (unpaired) electrons. The zero-order valence-corrected chi connectivity index (χ0v) is 13.1. The number of hydrogen-bond acceptors (Lipinski definition) is 3. The van der Waals surface area contributed by atoms with Crippen LogP contribution in [0.5, 0.6) is 0 Å². The summed E-state index contributed by atoms with van der Waals surface area (Å²) in [4.78, 5) is 0. The van der Waals surface area contributed by atoms with Gasteiger partial charge >= 0.3 is 0 Å². The molecular weight excluding hydrogens is 250 g/mol. The summed E-state index contributed by atoms with van der Waals surface area (Å²) in [6, 6.07) is 2.69. The molecule has 2 rings (SSSR count). The lowest BCUT2D eigenvalue weighted by Gasteiger charge is -2.25. The average Bonchev–Trinajstić information content (AvgIpc) is 2.96. The highest BCUT2D eigenvalue weighted by molar-refractivity contribution is 5.00. The Labute approximate surface area is 122 Å². The molecule has 1 aromatic rings. The first-order valence-electron chi connectivity index (χ1n) is 7.93. The lowest BCUT2D eigenvalue weighted by atomic mass is 9.94. The van der Waals surface area contributed by atoms with Crippen molar-refractivity contribution in [3.8, 4) is 0 Å². The summed E-state index contributed by atoms with van der Waals surface area (Å²) in [6.07, 6.45) is 8.09. The van der Waals surface area contributed by atoms with Crippen LogP contribution in [0.15, 0.2) is 12.3 Å². The lowest BCUT2D eigenvalue weighted by molar-refractivity contribution is 0.0382. The van der Waals surface area contributed by atoms with Crippen molar-refractivity contribution in [2.75, 3.05) is 6.54 Å². The summed E-state index contributed by atoms with van der Waals surface area (Å²) in [6.45, 7) is 7.52. The van der Waals surface area contributed by atoms with Crippen LogP contribution in [0.3, 0.4) is 0 Å². The number of aromatic nitrogens is 2. The standard InChI is InChI=1S/C16H29N3O/c1-13(2)10-16(3,20)12-17-11-14-8-9-19(18-14)15-6-4-5-7-15/h8-9,13,15,17,20H,4-7,10-12H2,1-3H3. The van der Waals surface area contributed by atoms with Crippen molar-refractivity contribution >= 4 is 0 Å². The van der Waals surface area contributed by atoms with Crippen LogP contribution in [0, 0.1) is 5.92 Å². The van der Waals surface area contributed by atoms with E-state index in [2.05, 4.69) is 41.2 Å². The zero-order chi connectivity index (χ0) is 14.6. The molecule has 0 aromatic carbocycles. The molecule has 4 nitrogen and oxygen atoms in total. The van der Waals surface area contributed by atoms with Crippen molar-refractivity contribution in [2.45, 2.75) is 71.1 Å². The van der Waals surface area contributed by atoms with E-state index in [0.29, 0.717) is 18.5 Å². The molecule has 20 heavy (non-hydrogen) atoms. The predicted octanol–water partition coefficient (Wildman–Crippen LogP) is 2.88. The van der Waals surface area contributed by atoms with Gasteiger partial charge in [-0.1, -0.05) is 26.7 Å². The minimum absolute atomic E-state index is 0.508. The molecule has 1 saturated carbocycles. The molecule has 1 atom stereocenters. The summed E-state index contributed by atoms with van der Waals surface area (Å²) < 4.78 is 2.12. The highest BCUT2D eigenvalue weighted by Crippen LogP contribution is 2.28. The maximum Gasteiger partial charge on any atom is 0.0762 e. The average molecular weight is 279 g/mol. The molecule has 4 heteroatoms. The molecule has 1 heterocycles. The number of aliphatic hydroxyl groups is 1. The van der Waals surface area contributed by atoms with Crippen molar-refractivity contribution in [3.63, 3.8) is 0 Å². The third kappa shape index (κ3) is 4.60. The van der Waals surface area contributed by atoms with Gasteiger partial charge in [-0.15, -0.1) is 0 Å². The smallest absolute Gasteiger partial charge is 0.0762 e. The zero-order valence-electron chi connectivity index (χ0n) is 13.1. The van der Waals surface area contributed by atoms with Crippen LogP contribution in [0.1, 0.15) is 64.6 Å². The van der Waals surface area contributed by atoms with Crippen molar-refractivity contribution < 1.29 is 5.11 Å². The maximum absolute atomic E-state index is 10.3. The van der Waals surface area contributed by atoms with Gasteiger partial charge in [-0.3, -0.25) is 4.68 Å². The third-order valence-electron chi connectivity index (χ3n) is 4.02. The van der Waals surface area contributed by atoms with Crippen LogP contribution >= 0.6 is 0 Å². The monoisotopic (exact) mass is 279 g/mol. The summed E-state index contributed by atoms with van der Waals surface area (Å²) in [5.74, 6) is 0.508. The van der Waals surface area contributed by atoms with Gasteiger partial charge in [0.2, 0.25) is 0 Å². The van der Waals surface area contributed by atoms with E-state index in [1.54, 1.807) is 0 Å². The summed E-state index contributed by atoms with van der Waals surface area (Å²) in [7, 11) is 0. The Bertz CT molecular complexity index is 406. The Hall–Kier alpha value is -0.870. The molecular formula is C16H29N3O. The minimum atomic E-state index is -0.637. The van der Waals surface area contributed by atoms with Gasteiger partial charge in [-0.05, 0) is 38.2 Å². The maximum atomic E-state index is 10.3. The molecule has 1 aliphatic rings. The van der Waals surface area contributed by atoms with Gasteiger partial charge in [0.1, 0.15) is 0 Å². The Kier molecular flexibility index (Phi) is 5.22. The van der Waals surface area contributed by atoms with Crippen LogP contribution in [-0.2, 0) is 6.54 Å². The van der Waals surface area contributed by atoms with E-state index < -0.39 is 5.60 Å². The second-order valence-electron chi connectivity index (χ2n) is 6.92. The second kappa shape index (κ2) is 6.72. The Balaban J connectivity index is 1.76. The Morgan fingerprint density at radius 2 is 2.15 bits per heavy atom. The Morgan fingerprint density at radius 3 is 2.80 bits per heavy atom. The first-order chi connectivity index (χ1) is 9.46. The first-order valence-corrected chi connectivity index (χ1v) is 7.93. The normalized spacial score (nSPS) is 19.6. The van der Waals surface area contributed by atoms with E-state index in [4.69, 9.17) is 0 Å². The largest absolute Gasteiger partial charge is 0.389 e. The fourth-order valence-electron chi connectivity index (χ4n) is 3.26. The first kappa shape index (κ1) is 15.5. The van der Waals surface area contributed by atoms with E-state index in [0.717, 1.165) is 18.7 Å². The van der Waals surface area contributed by atoms with E-state index >= 15 is 0 Å². The summed E-state index contributed by atoms with van der Waals surface area (Å²) in [5, 5.41) is 18.2. The number of nitrogens with one attached hydrogen (secondary N) is 1. The molecule has 0 spiro atoms. The fourth-order valence-corrected chi connectivity index (χ4v) is 3.26. The van der Waals surface area contributed by atoms with Gasteiger partial charge in [-0.25, -0.2) is 0 Å². The van der Waals surface area contributed by atoms with E-state index in [1.165, 1.54) is 25.7 Å².